The topological polar surface area (TPSA) is 43.4 Å². The largest absolute Gasteiger partial charge is 0.490 e. The second-order valence-electron chi connectivity index (χ2n) is 3.32. The molecule has 0 atom stereocenters. The van der Waals surface area contributed by atoms with Gasteiger partial charge in [-0.15, -0.1) is 0 Å². The minimum Gasteiger partial charge on any atom is -0.490 e. The first-order chi connectivity index (χ1) is 8.38. The predicted octanol–water partition coefficient (Wildman–Crippen LogP) is 3.02. The van der Waals surface area contributed by atoms with Crippen molar-refractivity contribution in [2.24, 2.45) is 0 Å². The van der Waals surface area contributed by atoms with Crippen molar-refractivity contribution in [3.8, 4) is 5.75 Å². The van der Waals surface area contributed by atoms with Crippen LogP contribution in [0.2, 0.25) is 0 Å². The van der Waals surface area contributed by atoms with Gasteiger partial charge < -0.3 is 4.74 Å². The first-order valence-corrected chi connectivity index (χ1v) is 8.62. The number of ether oxygens (including phenoxy) is 1. The van der Waals surface area contributed by atoms with Crippen LogP contribution in [0.5, 0.6) is 5.75 Å². The number of thioether (sulfide) groups is 1. The van der Waals surface area contributed by atoms with E-state index in [9.17, 15) is 17.2 Å². The van der Waals surface area contributed by atoms with Crippen LogP contribution in [0.25, 0.3) is 0 Å². The van der Waals surface area contributed by atoms with Gasteiger partial charge in [-0.05, 0) is 30.6 Å². The minimum absolute atomic E-state index is 0.226. The van der Waals surface area contributed by atoms with Gasteiger partial charge in [0.05, 0.1) is 6.61 Å². The highest BCUT2D eigenvalue weighted by Crippen LogP contribution is 2.27. The summed E-state index contributed by atoms with van der Waals surface area (Å²) >= 11 is 1.61. The maximum Gasteiger partial charge on any atom is 0.264 e. The Morgan fingerprint density at radius 3 is 2.56 bits per heavy atom. The van der Waals surface area contributed by atoms with E-state index in [1.807, 2.05) is 6.26 Å². The van der Waals surface area contributed by atoms with Crippen molar-refractivity contribution in [2.75, 3.05) is 18.6 Å². The predicted molar refractivity (Wildman–Crippen MR) is 67.9 cm³/mol. The van der Waals surface area contributed by atoms with Crippen LogP contribution < -0.4 is 4.74 Å². The zero-order valence-electron chi connectivity index (χ0n) is 9.45. The Bertz CT molecular complexity index is 520. The van der Waals surface area contributed by atoms with Crippen molar-refractivity contribution >= 4 is 31.5 Å². The van der Waals surface area contributed by atoms with Crippen molar-refractivity contribution in [3.63, 3.8) is 0 Å². The fourth-order valence-electron chi connectivity index (χ4n) is 1.20. The van der Waals surface area contributed by atoms with Crippen LogP contribution in [0.15, 0.2) is 17.0 Å². The number of rotatable bonds is 6. The molecule has 0 aliphatic carbocycles. The van der Waals surface area contributed by atoms with Crippen molar-refractivity contribution in [1.29, 1.82) is 0 Å². The molecule has 0 bridgehead atoms. The van der Waals surface area contributed by atoms with Crippen LogP contribution in [0.3, 0.4) is 0 Å². The van der Waals surface area contributed by atoms with E-state index in [-0.39, 0.29) is 12.4 Å². The van der Waals surface area contributed by atoms with Crippen LogP contribution >= 0.6 is 22.4 Å². The average molecular weight is 317 g/mol. The molecule has 102 valence electrons. The molecular weight excluding hydrogens is 306 g/mol. The SMILES string of the molecule is CSCCCOc1ccc(S(=O)(=O)Cl)c(F)c1F. The van der Waals surface area contributed by atoms with Crippen molar-refractivity contribution < 1.29 is 21.9 Å². The molecule has 1 rings (SSSR count). The molecule has 8 heteroatoms. The Labute approximate surface area is 113 Å². The van der Waals surface area contributed by atoms with Crippen LogP contribution in [-0.2, 0) is 9.05 Å². The quantitative estimate of drug-likeness (QED) is 0.597. The molecule has 1 aromatic carbocycles. The van der Waals surface area contributed by atoms with Gasteiger partial charge in [-0.1, -0.05) is 0 Å². The molecule has 0 radical (unpaired) electrons. The molecule has 0 saturated carbocycles. The normalized spacial score (nSPS) is 11.6. The van der Waals surface area contributed by atoms with Crippen molar-refractivity contribution in [2.45, 2.75) is 11.3 Å². The van der Waals surface area contributed by atoms with Crippen molar-refractivity contribution in [1.82, 2.24) is 0 Å². The second-order valence-corrected chi connectivity index (χ2v) is 6.84. The lowest BCUT2D eigenvalue weighted by Gasteiger charge is -2.08. The standard InChI is InChI=1S/C10H11ClF2O3S2/c1-17-6-2-5-16-7-3-4-8(18(11,14)15)10(13)9(7)12/h3-4H,2,5-6H2,1H3. The molecule has 0 unspecified atom stereocenters. The minimum atomic E-state index is -4.30. The number of hydrogen-bond donors (Lipinski definition) is 0. The van der Waals surface area contributed by atoms with Crippen LogP contribution in [0.1, 0.15) is 6.42 Å². The maximum atomic E-state index is 13.5. The van der Waals surface area contributed by atoms with E-state index >= 15 is 0 Å². The summed E-state index contributed by atoms with van der Waals surface area (Å²) in [4.78, 5) is -0.891. The number of hydrogen-bond acceptors (Lipinski definition) is 4. The molecule has 0 aromatic heterocycles. The van der Waals surface area contributed by atoms with Crippen molar-refractivity contribution in [3.05, 3.63) is 23.8 Å². The van der Waals surface area contributed by atoms with E-state index in [1.54, 1.807) is 11.8 Å². The zero-order valence-corrected chi connectivity index (χ0v) is 11.8. The second kappa shape index (κ2) is 6.58. The van der Waals surface area contributed by atoms with E-state index < -0.39 is 25.6 Å². The molecule has 0 amide bonds. The molecule has 3 nitrogen and oxygen atoms in total. The molecule has 0 heterocycles. The Balaban J connectivity index is 2.88. The summed E-state index contributed by atoms with van der Waals surface area (Å²) in [7, 11) is 0.652. The lowest BCUT2D eigenvalue weighted by Crippen LogP contribution is -2.04. The zero-order chi connectivity index (χ0) is 13.8. The van der Waals surface area contributed by atoms with E-state index in [0.29, 0.717) is 6.42 Å². The highest BCUT2D eigenvalue weighted by atomic mass is 35.7. The smallest absolute Gasteiger partial charge is 0.264 e. The van der Waals surface area contributed by atoms with Gasteiger partial charge in [-0.2, -0.15) is 16.2 Å². The van der Waals surface area contributed by atoms with E-state index in [4.69, 9.17) is 15.4 Å². The third-order valence-corrected chi connectivity index (χ3v) is 4.06. The maximum absolute atomic E-state index is 13.5. The Morgan fingerprint density at radius 1 is 1.33 bits per heavy atom. The van der Waals surface area contributed by atoms with Gasteiger partial charge in [-0.25, -0.2) is 12.8 Å². The summed E-state index contributed by atoms with van der Waals surface area (Å²) < 4.78 is 53.8. The first-order valence-electron chi connectivity index (χ1n) is 4.92. The fourth-order valence-corrected chi connectivity index (χ4v) is 2.50. The molecule has 18 heavy (non-hydrogen) atoms. The Hall–Kier alpha value is -0.530. The molecule has 0 saturated heterocycles. The summed E-state index contributed by atoms with van der Waals surface area (Å²) in [6.07, 6.45) is 2.60. The number of benzene rings is 1. The van der Waals surface area contributed by atoms with Gasteiger partial charge in [-0.3, -0.25) is 0 Å². The molecule has 0 aliphatic rings. The molecule has 0 fully saturated rings. The number of halogens is 3. The summed E-state index contributed by atoms with van der Waals surface area (Å²) in [6, 6.07) is 1.93. The summed E-state index contributed by atoms with van der Waals surface area (Å²) in [5, 5.41) is 0. The van der Waals surface area contributed by atoms with Gasteiger partial charge in [0.25, 0.3) is 9.05 Å². The molecule has 0 aliphatic heterocycles. The Kier molecular flexibility index (Phi) is 5.68. The van der Waals surface area contributed by atoms with Crippen LogP contribution in [0.4, 0.5) is 8.78 Å². The van der Waals surface area contributed by atoms with Gasteiger partial charge in [0.1, 0.15) is 4.90 Å². The molecule has 0 spiro atoms. The third kappa shape index (κ3) is 4.00. The summed E-state index contributed by atoms with van der Waals surface area (Å²) in [6.45, 7) is 0.226. The highest BCUT2D eigenvalue weighted by Gasteiger charge is 2.22. The molecule has 0 N–H and O–H groups in total. The lowest BCUT2D eigenvalue weighted by atomic mass is 10.3. The first kappa shape index (κ1) is 15.5. The van der Waals surface area contributed by atoms with E-state index in [0.717, 1.165) is 17.9 Å². The molecular formula is C10H11ClF2O3S2. The van der Waals surface area contributed by atoms with Gasteiger partial charge >= 0.3 is 0 Å². The van der Waals surface area contributed by atoms with E-state index in [2.05, 4.69) is 0 Å². The van der Waals surface area contributed by atoms with Gasteiger partial charge in [0, 0.05) is 10.7 Å². The average Bonchev–Trinajstić information content (AvgIpc) is 2.28. The summed E-state index contributed by atoms with van der Waals surface area (Å²) in [5.41, 5.74) is 0. The lowest BCUT2D eigenvalue weighted by molar-refractivity contribution is 0.294. The Morgan fingerprint density at radius 2 is 2.00 bits per heavy atom. The molecule has 1 aromatic rings. The monoisotopic (exact) mass is 316 g/mol. The summed E-state index contributed by atoms with van der Waals surface area (Å²) in [5.74, 6) is -2.36. The van der Waals surface area contributed by atoms with Gasteiger partial charge in [0.15, 0.2) is 11.6 Å². The van der Waals surface area contributed by atoms with E-state index in [1.165, 1.54) is 0 Å². The van der Waals surface area contributed by atoms with Gasteiger partial charge in [0.2, 0.25) is 5.82 Å². The highest BCUT2D eigenvalue weighted by molar-refractivity contribution is 8.13. The van der Waals surface area contributed by atoms with Crippen LogP contribution in [-0.4, -0.2) is 27.0 Å². The third-order valence-electron chi connectivity index (χ3n) is 2.02. The fraction of sp³-hybridized carbons (Fsp3) is 0.400. The van der Waals surface area contributed by atoms with Crippen LogP contribution in [0, 0.1) is 11.6 Å².